The van der Waals surface area contributed by atoms with Crippen LogP contribution in [0.1, 0.15) is 11.6 Å². The van der Waals surface area contributed by atoms with Gasteiger partial charge in [0.25, 0.3) is 0 Å². The zero-order valence-corrected chi connectivity index (χ0v) is 12.0. The number of ether oxygens (including phenoxy) is 1. The maximum absolute atomic E-state index is 13.0. The lowest BCUT2D eigenvalue weighted by molar-refractivity contribution is -0.123. The fourth-order valence-corrected chi connectivity index (χ4v) is 2.83. The zero-order chi connectivity index (χ0) is 15.0. The second-order valence-electron chi connectivity index (χ2n) is 4.80. The molecule has 1 amide bonds. The molecule has 0 radical (unpaired) electrons. The summed E-state index contributed by atoms with van der Waals surface area (Å²) in [6.45, 7) is 0. The number of hydrogen-bond acceptors (Lipinski definition) is 2. The highest BCUT2D eigenvalue weighted by atomic mass is 35.5. The minimum absolute atomic E-state index is 0.177. The van der Waals surface area contributed by atoms with E-state index < -0.39 is 5.38 Å². The van der Waals surface area contributed by atoms with Crippen LogP contribution in [0, 0.1) is 5.82 Å². The molecule has 2 aromatic rings. The quantitative estimate of drug-likeness (QED) is 0.641. The fourth-order valence-electron chi connectivity index (χ4n) is 2.46. The molecule has 108 valence electrons. The monoisotopic (exact) mass is 305 g/mol. The molecule has 1 heterocycles. The van der Waals surface area contributed by atoms with Crippen molar-refractivity contribution < 1.29 is 13.9 Å². The largest absolute Gasteiger partial charge is 0.497 e. The number of β-lactam (4-membered cyclic amide) rings is 1. The van der Waals surface area contributed by atoms with Crippen LogP contribution < -0.4 is 9.64 Å². The normalized spacial score (nSPS) is 21.1. The lowest BCUT2D eigenvalue weighted by Gasteiger charge is -2.44. The summed E-state index contributed by atoms with van der Waals surface area (Å²) in [6, 6.07) is 13.0. The molecule has 0 bridgehead atoms. The smallest absolute Gasteiger partial charge is 0.248 e. The second kappa shape index (κ2) is 5.37. The van der Waals surface area contributed by atoms with Crippen molar-refractivity contribution in [3.8, 4) is 5.75 Å². The van der Waals surface area contributed by atoms with Gasteiger partial charge in [-0.2, -0.15) is 0 Å². The Morgan fingerprint density at radius 1 is 1.10 bits per heavy atom. The van der Waals surface area contributed by atoms with Crippen LogP contribution in [-0.4, -0.2) is 18.4 Å². The molecular weight excluding hydrogens is 293 g/mol. The molecule has 0 N–H and O–H groups in total. The highest BCUT2D eigenvalue weighted by molar-refractivity contribution is 6.37. The SMILES string of the molecule is COc1ccc([C@@H]2[C@@H](Cl)C(=O)N2c2ccc(F)cc2)cc1. The molecule has 0 saturated carbocycles. The van der Waals surface area contributed by atoms with E-state index in [2.05, 4.69) is 0 Å². The summed E-state index contributed by atoms with van der Waals surface area (Å²) in [5.74, 6) is 0.225. The van der Waals surface area contributed by atoms with E-state index in [0.29, 0.717) is 5.69 Å². The molecule has 2 aromatic carbocycles. The van der Waals surface area contributed by atoms with Gasteiger partial charge in [-0.05, 0) is 42.0 Å². The van der Waals surface area contributed by atoms with E-state index in [4.69, 9.17) is 16.3 Å². The molecule has 3 nitrogen and oxygen atoms in total. The molecule has 1 saturated heterocycles. The van der Waals surface area contributed by atoms with E-state index in [9.17, 15) is 9.18 Å². The van der Waals surface area contributed by atoms with Gasteiger partial charge in [0.05, 0.1) is 13.2 Å². The zero-order valence-electron chi connectivity index (χ0n) is 11.3. The molecule has 1 aliphatic rings. The van der Waals surface area contributed by atoms with Crippen molar-refractivity contribution >= 4 is 23.2 Å². The number of nitrogens with zero attached hydrogens (tertiary/aromatic N) is 1. The number of alkyl halides is 1. The predicted molar refractivity (Wildman–Crippen MR) is 79.3 cm³/mol. The minimum atomic E-state index is -0.608. The van der Waals surface area contributed by atoms with Gasteiger partial charge in [-0.3, -0.25) is 4.79 Å². The standard InChI is InChI=1S/C16H13ClFNO2/c1-21-13-8-2-10(3-9-13)15-14(17)16(20)19(15)12-6-4-11(18)5-7-12/h2-9,14-15H,1H3/t14-,15-/m1/s1. The first-order valence-corrected chi connectivity index (χ1v) is 6.92. The number of halogens is 2. The third-order valence-corrected chi connectivity index (χ3v) is 4.02. The van der Waals surface area contributed by atoms with Crippen molar-refractivity contribution in [1.82, 2.24) is 0 Å². The number of rotatable bonds is 3. The van der Waals surface area contributed by atoms with Gasteiger partial charge >= 0.3 is 0 Å². The molecule has 0 spiro atoms. The first-order valence-electron chi connectivity index (χ1n) is 6.48. The van der Waals surface area contributed by atoms with Gasteiger partial charge in [0, 0.05) is 5.69 Å². The van der Waals surface area contributed by atoms with Gasteiger partial charge < -0.3 is 9.64 Å². The second-order valence-corrected chi connectivity index (χ2v) is 5.27. The van der Waals surface area contributed by atoms with Crippen LogP contribution in [-0.2, 0) is 4.79 Å². The van der Waals surface area contributed by atoms with Crippen LogP contribution in [0.2, 0.25) is 0 Å². The van der Waals surface area contributed by atoms with Crippen LogP contribution in [0.3, 0.4) is 0 Å². The Bertz CT molecular complexity index is 657. The Labute approximate surface area is 126 Å². The number of carbonyl (C=O) groups is 1. The summed E-state index contributed by atoms with van der Waals surface area (Å²) in [4.78, 5) is 13.6. The van der Waals surface area contributed by atoms with Gasteiger partial charge in [-0.25, -0.2) is 4.39 Å². The van der Waals surface area contributed by atoms with Crippen molar-refractivity contribution in [3.63, 3.8) is 0 Å². The van der Waals surface area contributed by atoms with Gasteiger partial charge in [-0.15, -0.1) is 11.6 Å². The summed E-state index contributed by atoms with van der Waals surface area (Å²) in [5.41, 5.74) is 1.55. The fraction of sp³-hybridized carbons (Fsp3) is 0.188. The topological polar surface area (TPSA) is 29.5 Å². The van der Waals surface area contributed by atoms with Gasteiger partial charge in [-0.1, -0.05) is 12.1 Å². The number of methoxy groups -OCH3 is 1. The van der Waals surface area contributed by atoms with Crippen molar-refractivity contribution in [2.24, 2.45) is 0 Å². The molecule has 3 rings (SSSR count). The maximum Gasteiger partial charge on any atom is 0.248 e. The summed E-state index contributed by atoms with van der Waals surface area (Å²) in [6.07, 6.45) is 0. The Morgan fingerprint density at radius 3 is 2.29 bits per heavy atom. The number of amides is 1. The Balaban J connectivity index is 1.92. The Morgan fingerprint density at radius 2 is 1.71 bits per heavy atom. The molecule has 0 unspecified atom stereocenters. The molecule has 0 aliphatic carbocycles. The predicted octanol–water partition coefficient (Wildman–Crippen LogP) is 3.53. The van der Waals surface area contributed by atoms with Crippen LogP contribution in [0.25, 0.3) is 0 Å². The first-order chi connectivity index (χ1) is 10.1. The van der Waals surface area contributed by atoms with E-state index in [1.165, 1.54) is 12.1 Å². The molecular formula is C16H13ClFNO2. The Kier molecular flexibility index (Phi) is 3.55. The van der Waals surface area contributed by atoms with E-state index in [1.807, 2.05) is 24.3 Å². The summed E-state index contributed by atoms with van der Waals surface area (Å²) in [7, 11) is 1.59. The summed E-state index contributed by atoms with van der Waals surface area (Å²) >= 11 is 6.15. The van der Waals surface area contributed by atoms with E-state index in [-0.39, 0.29) is 17.8 Å². The lowest BCUT2D eigenvalue weighted by Crippen LogP contribution is -2.56. The van der Waals surface area contributed by atoms with Crippen molar-refractivity contribution in [2.75, 3.05) is 12.0 Å². The molecule has 21 heavy (non-hydrogen) atoms. The molecule has 1 fully saturated rings. The molecule has 0 aromatic heterocycles. The van der Waals surface area contributed by atoms with E-state index in [1.54, 1.807) is 24.1 Å². The maximum atomic E-state index is 13.0. The number of anilines is 1. The third-order valence-electron chi connectivity index (χ3n) is 3.59. The highest BCUT2D eigenvalue weighted by Gasteiger charge is 2.47. The first kappa shape index (κ1) is 13.9. The lowest BCUT2D eigenvalue weighted by atomic mass is 9.92. The van der Waals surface area contributed by atoms with Crippen LogP contribution in [0.15, 0.2) is 48.5 Å². The number of benzene rings is 2. The molecule has 5 heteroatoms. The van der Waals surface area contributed by atoms with Gasteiger partial charge in [0.15, 0.2) is 0 Å². The Hall–Kier alpha value is -2.07. The summed E-state index contributed by atoms with van der Waals surface area (Å²) in [5, 5.41) is -0.608. The van der Waals surface area contributed by atoms with Crippen molar-refractivity contribution in [1.29, 1.82) is 0 Å². The molecule has 2 atom stereocenters. The third kappa shape index (κ3) is 2.36. The molecule has 1 aliphatic heterocycles. The highest BCUT2D eigenvalue weighted by Crippen LogP contribution is 2.42. The minimum Gasteiger partial charge on any atom is -0.497 e. The van der Waals surface area contributed by atoms with Crippen molar-refractivity contribution in [2.45, 2.75) is 11.4 Å². The van der Waals surface area contributed by atoms with Crippen LogP contribution >= 0.6 is 11.6 Å². The van der Waals surface area contributed by atoms with E-state index in [0.717, 1.165) is 11.3 Å². The van der Waals surface area contributed by atoms with Crippen molar-refractivity contribution in [3.05, 3.63) is 59.9 Å². The van der Waals surface area contributed by atoms with Gasteiger partial charge in [0.2, 0.25) is 5.91 Å². The van der Waals surface area contributed by atoms with Crippen LogP contribution in [0.5, 0.6) is 5.75 Å². The van der Waals surface area contributed by atoms with Crippen LogP contribution in [0.4, 0.5) is 10.1 Å². The van der Waals surface area contributed by atoms with Gasteiger partial charge in [0.1, 0.15) is 16.9 Å². The number of hydrogen-bond donors (Lipinski definition) is 0. The number of carbonyl (C=O) groups excluding carboxylic acids is 1. The van der Waals surface area contributed by atoms with E-state index >= 15 is 0 Å². The average Bonchev–Trinajstić information content (AvgIpc) is 2.53. The average molecular weight is 306 g/mol. The summed E-state index contributed by atoms with van der Waals surface area (Å²) < 4.78 is 18.1.